The van der Waals surface area contributed by atoms with Crippen LogP contribution in [0, 0.1) is 5.41 Å². The van der Waals surface area contributed by atoms with Crippen LogP contribution in [0.1, 0.15) is 30.3 Å². The number of hydrogen-bond donors (Lipinski definition) is 3. The molecule has 1 unspecified atom stereocenters. The highest BCUT2D eigenvalue weighted by molar-refractivity contribution is 5.95. The fourth-order valence-electron chi connectivity index (χ4n) is 2.80. The summed E-state index contributed by atoms with van der Waals surface area (Å²) in [5, 5.41) is 8.88. The maximum Gasteiger partial charge on any atom is 0.287 e. The second-order valence-electron chi connectivity index (χ2n) is 6.07. The monoisotopic (exact) mass is 359 g/mol. The standard InChI is InChI=1S/C16H25N3O4.ClH/c1-12(19-15(21)13-4-3-9-23-13)14(20)18-10-16(11-22-2)5-7-17-8-6-16;/h3-4,9,12,17H,5-8,10-11H2,1-2H3,(H,18,20)(H,19,21);1H. The van der Waals surface area contributed by atoms with Gasteiger partial charge in [-0.2, -0.15) is 0 Å². The first-order valence-electron chi connectivity index (χ1n) is 7.88. The molecule has 3 N–H and O–H groups in total. The zero-order valence-corrected chi connectivity index (χ0v) is 14.9. The van der Waals surface area contributed by atoms with Gasteiger partial charge < -0.3 is 25.1 Å². The fraction of sp³-hybridized carbons (Fsp3) is 0.625. The molecule has 1 aromatic rings. The van der Waals surface area contributed by atoms with Crippen LogP contribution in [0.4, 0.5) is 0 Å². The van der Waals surface area contributed by atoms with Crippen LogP contribution in [0.2, 0.25) is 0 Å². The molecule has 1 saturated heterocycles. The lowest BCUT2D eigenvalue weighted by Crippen LogP contribution is -2.51. The third-order valence-corrected chi connectivity index (χ3v) is 4.24. The van der Waals surface area contributed by atoms with Crippen molar-refractivity contribution in [3.63, 3.8) is 0 Å². The third-order valence-electron chi connectivity index (χ3n) is 4.24. The summed E-state index contributed by atoms with van der Waals surface area (Å²) in [6.45, 7) is 4.65. The SMILES string of the molecule is COCC1(CNC(=O)C(C)NC(=O)c2ccco2)CCNCC1.Cl. The van der Waals surface area contributed by atoms with Crippen molar-refractivity contribution in [2.45, 2.75) is 25.8 Å². The lowest BCUT2D eigenvalue weighted by atomic mass is 9.79. The Kier molecular flexibility index (Phi) is 8.24. The van der Waals surface area contributed by atoms with Gasteiger partial charge in [0.05, 0.1) is 12.9 Å². The number of amides is 2. The van der Waals surface area contributed by atoms with E-state index in [9.17, 15) is 9.59 Å². The fourth-order valence-corrected chi connectivity index (χ4v) is 2.80. The Morgan fingerprint density at radius 1 is 1.42 bits per heavy atom. The Balaban J connectivity index is 0.00000288. The molecule has 0 saturated carbocycles. The van der Waals surface area contributed by atoms with Gasteiger partial charge in [-0.1, -0.05) is 0 Å². The minimum atomic E-state index is -0.631. The van der Waals surface area contributed by atoms with Gasteiger partial charge in [-0.25, -0.2) is 0 Å². The molecular formula is C16H26ClN3O4. The Bertz CT molecular complexity index is 510. The first kappa shape index (κ1) is 20.5. The molecular weight excluding hydrogens is 334 g/mol. The highest BCUT2D eigenvalue weighted by atomic mass is 35.5. The van der Waals surface area contributed by atoms with E-state index in [1.807, 2.05) is 0 Å². The maximum atomic E-state index is 12.2. The molecule has 1 atom stereocenters. The summed E-state index contributed by atoms with van der Waals surface area (Å²) in [4.78, 5) is 24.1. The molecule has 0 bridgehead atoms. The second-order valence-corrected chi connectivity index (χ2v) is 6.07. The number of hydrogen-bond acceptors (Lipinski definition) is 5. The van der Waals surface area contributed by atoms with Crippen molar-refractivity contribution in [2.24, 2.45) is 5.41 Å². The molecule has 2 rings (SSSR count). The molecule has 2 amide bonds. The predicted molar refractivity (Wildman–Crippen MR) is 92.3 cm³/mol. The minimum Gasteiger partial charge on any atom is -0.459 e. The van der Waals surface area contributed by atoms with Crippen LogP contribution in [0.15, 0.2) is 22.8 Å². The van der Waals surface area contributed by atoms with E-state index in [4.69, 9.17) is 9.15 Å². The van der Waals surface area contributed by atoms with E-state index in [1.165, 1.54) is 6.26 Å². The topological polar surface area (TPSA) is 92.6 Å². The van der Waals surface area contributed by atoms with E-state index in [-0.39, 0.29) is 29.5 Å². The minimum absolute atomic E-state index is 0. The summed E-state index contributed by atoms with van der Waals surface area (Å²) in [5.41, 5.74) is -0.0413. The van der Waals surface area contributed by atoms with Crippen LogP contribution < -0.4 is 16.0 Å². The summed E-state index contributed by atoms with van der Waals surface area (Å²) in [7, 11) is 1.68. The van der Waals surface area contributed by atoms with Crippen molar-refractivity contribution < 1.29 is 18.7 Å². The molecule has 2 heterocycles. The second kappa shape index (κ2) is 9.66. The normalized spacial score (nSPS) is 17.4. The van der Waals surface area contributed by atoms with E-state index >= 15 is 0 Å². The highest BCUT2D eigenvalue weighted by Crippen LogP contribution is 2.28. The Hall–Kier alpha value is -1.57. The Morgan fingerprint density at radius 3 is 2.71 bits per heavy atom. The van der Waals surface area contributed by atoms with E-state index in [0.29, 0.717) is 13.2 Å². The molecule has 8 heteroatoms. The van der Waals surface area contributed by atoms with Crippen LogP contribution in [0.5, 0.6) is 0 Å². The lowest BCUT2D eigenvalue weighted by Gasteiger charge is -2.37. The third kappa shape index (κ3) is 5.51. The largest absolute Gasteiger partial charge is 0.459 e. The average Bonchev–Trinajstić information content (AvgIpc) is 3.08. The van der Waals surface area contributed by atoms with Gasteiger partial charge in [0, 0.05) is 19.1 Å². The van der Waals surface area contributed by atoms with E-state index in [2.05, 4.69) is 16.0 Å². The van der Waals surface area contributed by atoms with Crippen LogP contribution >= 0.6 is 12.4 Å². The summed E-state index contributed by atoms with van der Waals surface area (Å²) >= 11 is 0. The van der Waals surface area contributed by atoms with Crippen molar-refractivity contribution in [1.82, 2.24) is 16.0 Å². The van der Waals surface area contributed by atoms with Crippen LogP contribution in [-0.4, -0.2) is 51.2 Å². The number of ether oxygens (including phenoxy) is 1. The zero-order valence-electron chi connectivity index (χ0n) is 14.1. The summed E-state index contributed by atoms with van der Waals surface area (Å²) < 4.78 is 10.3. The molecule has 1 aliphatic rings. The highest BCUT2D eigenvalue weighted by Gasteiger charge is 2.33. The summed E-state index contributed by atoms with van der Waals surface area (Å²) in [6.07, 6.45) is 3.33. The van der Waals surface area contributed by atoms with Gasteiger partial charge in [-0.15, -0.1) is 12.4 Å². The average molecular weight is 360 g/mol. The van der Waals surface area contributed by atoms with Crippen molar-refractivity contribution in [3.05, 3.63) is 24.2 Å². The first-order chi connectivity index (χ1) is 11.1. The van der Waals surface area contributed by atoms with E-state index < -0.39 is 11.9 Å². The van der Waals surface area contributed by atoms with E-state index in [1.54, 1.807) is 26.2 Å². The Morgan fingerprint density at radius 2 is 2.12 bits per heavy atom. The molecule has 0 aliphatic carbocycles. The number of carbonyl (C=O) groups is 2. The predicted octanol–water partition coefficient (Wildman–Crippen LogP) is 0.952. The van der Waals surface area contributed by atoms with Gasteiger partial charge in [0.15, 0.2) is 5.76 Å². The summed E-state index contributed by atoms with van der Waals surface area (Å²) in [5.74, 6) is -0.413. The maximum absolute atomic E-state index is 12.2. The molecule has 7 nitrogen and oxygen atoms in total. The van der Waals surface area contributed by atoms with E-state index in [0.717, 1.165) is 25.9 Å². The zero-order chi connectivity index (χ0) is 16.7. The molecule has 0 radical (unpaired) electrons. The number of carbonyl (C=O) groups excluding carboxylic acids is 2. The van der Waals surface area contributed by atoms with Gasteiger partial charge in [0.2, 0.25) is 5.91 Å². The molecule has 0 aromatic carbocycles. The number of piperidine rings is 1. The molecule has 1 aliphatic heterocycles. The van der Waals surface area contributed by atoms with Crippen molar-refractivity contribution in [3.8, 4) is 0 Å². The molecule has 24 heavy (non-hydrogen) atoms. The molecule has 136 valence electrons. The van der Waals surface area contributed by atoms with Gasteiger partial charge in [-0.3, -0.25) is 9.59 Å². The van der Waals surface area contributed by atoms with Gasteiger partial charge in [-0.05, 0) is 45.0 Å². The number of nitrogens with one attached hydrogen (secondary N) is 3. The Labute approximate surface area is 148 Å². The molecule has 0 spiro atoms. The van der Waals surface area contributed by atoms with Crippen LogP contribution in [0.3, 0.4) is 0 Å². The quantitative estimate of drug-likeness (QED) is 0.674. The van der Waals surface area contributed by atoms with Gasteiger partial charge in [0.25, 0.3) is 5.91 Å². The lowest BCUT2D eigenvalue weighted by molar-refractivity contribution is -0.123. The number of rotatable bonds is 7. The van der Waals surface area contributed by atoms with Crippen molar-refractivity contribution in [2.75, 3.05) is 33.4 Å². The first-order valence-corrected chi connectivity index (χ1v) is 7.88. The summed E-state index contributed by atoms with van der Waals surface area (Å²) in [6, 6.07) is 2.56. The number of furan rings is 1. The van der Waals surface area contributed by atoms with Crippen LogP contribution in [0.25, 0.3) is 0 Å². The van der Waals surface area contributed by atoms with Gasteiger partial charge >= 0.3 is 0 Å². The van der Waals surface area contributed by atoms with Crippen molar-refractivity contribution in [1.29, 1.82) is 0 Å². The smallest absolute Gasteiger partial charge is 0.287 e. The van der Waals surface area contributed by atoms with Gasteiger partial charge in [0.1, 0.15) is 6.04 Å². The molecule has 1 aromatic heterocycles. The van der Waals surface area contributed by atoms with Crippen LogP contribution in [-0.2, 0) is 9.53 Å². The number of halogens is 1. The van der Waals surface area contributed by atoms with Crippen molar-refractivity contribution >= 4 is 24.2 Å². The molecule has 1 fully saturated rings. The number of methoxy groups -OCH3 is 1.